The fourth-order valence-electron chi connectivity index (χ4n) is 3.91. The Labute approximate surface area is 209 Å². The Morgan fingerprint density at radius 1 is 1.03 bits per heavy atom. The van der Waals surface area contributed by atoms with E-state index in [4.69, 9.17) is 14.2 Å². The van der Waals surface area contributed by atoms with Crippen LogP contribution in [0.15, 0.2) is 18.2 Å². The number of hydrogen-bond acceptors (Lipinski definition) is 8. The zero-order valence-corrected chi connectivity index (χ0v) is 20.9. The number of benzene rings is 1. The minimum absolute atomic E-state index is 0.0864. The third-order valence-electron chi connectivity index (χ3n) is 5.54. The Hall–Kier alpha value is -3.31. The second-order valence-corrected chi connectivity index (χ2v) is 9.58. The number of hydrogen-bond donors (Lipinski definition) is 2. The molecular weight excluding hydrogens is 470 g/mol. The number of carbonyl (C=O) groups is 5. The Morgan fingerprint density at radius 2 is 1.72 bits per heavy atom. The predicted molar refractivity (Wildman–Crippen MR) is 127 cm³/mol. The molecular formula is C25H33N3O8. The summed E-state index contributed by atoms with van der Waals surface area (Å²) in [6, 6.07) is 4.11. The van der Waals surface area contributed by atoms with Gasteiger partial charge in [-0.1, -0.05) is 6.07 Å². The van der Waals surface area contributed by atoms with Crippen molar-refractivity contribution in [3.63, 3.8) is 0 Å². The molecule has 0 saturated carbocycles. The summed E-state index contributed by atoms with van der Waals surface area (Å²) < 4.78 is 16.1. The molecule has 0 radical (unpaired) electrons. The molecule has 1 unspecified atom stereocenters. The maximum Gasteiger partial charge on any atom is 0.407 e. The normalized spacial score (nSPS) is 17.8. The number of imide groups is 2. The highest BCUT2D eigenvalue weighted by molar-refractivity contribution is 6.23. The molecule has 2 heterocycles. The Balaban J connectivity index is 1.34. The van der Waals surface area contributed by atoms with Gasteiger partial charge in [-0.05, 0) is 57.7 Å². The summed E-state index contributed by atoms with van der Waals surface area (Å²) in [5, 5.41) is 4.80. The van der Waals surface area contributed by atoms with Crippen LogP contribution in [0.2, 0.25) is 0 Å². The van der Waals surface area contributed by atoms with Crippen molar-refractivity contribution in [2.24, 2.45) is 0 Å². The van der Waals surface area contributed by atoms with E-state index in [1.54, 1.807) is 39.0 Å². The smallest absolute Gasteiger partial charge is 0.407 e. The lowest BCUT2D eigenvalue weighted by Crippen LogP contribution is -2.54. The summed E-state index contributed by atoms with van der Waals surface area (Å²) in [7, 11) is 0. The van der Waals surface area contributed by atoms with Gasteiger partial charge in [0.25, 0.3) is 11.8 Å². The van der Waals surface area contributed by atoms with E-state index in [0.29, 0.717) is 45.8 Å². The molecule has 1 saturated heterocycles. The standard InChI is InChI=1S/C25H33N3O8/c1-25(2,3)36-24(33)26-10-12-35-14-13-34-11-4-5-16-6-7-17-18(15-16)23(32)28(22(17)31)19-8-9-20(29)27-21(19)30/h6-7,15,19H,4-5,8-14H2,1-3H3,(H,26,33)(H,27,29,30). The van der Waals surface area contributed by atoms with Gasteiger partial charge in [-0.3, -0.25) is 29.4 Å². The van der Waals surface area contributed by atoms with Gasteiger partial charge in [-0.15, -0.1) is 0 Å². The highest BCUT2D eigenvalue weighted by Crippen LogP contribution is 2.28. The first kappa shape index (κ1) is 27.3. The summed E-state index contributed by atoms with van der Waals surface area (Å²) in [5.74, 6) is -2.05. The molecule has 11 heteroatoms. The number of nitrogens with zero attached hydrogens (tertiary/aromatic N) is 1. The molecule has 196 valence electrons. The SMILES string of the molecule is CC(C)(C)OC(=O)NCCOCCOCCCc1ccc2c(c1)C(=O)N(C1CCC(=O)NC1=O)C2=O. The van der Waals surface area contributed by atoms with Crippen LogP contribution < -0.4 is 10.6 Å². The van der Waals surface area contributed by atoms with Gasteiger partial charge in [0, 0.05) is 19.6 Å². The highest BCUT2D eigenvalue weighted by atomic mass is 16.6. The summed E-state index contributed by atoms with van der Waals surface area (Å²) in [6.45, 7) is 7.36. The molecule has 11 nitrogen and oxygen atoms in total. The van der Waals surface area contributed by atoms with Crippen molar-refractivity contribution in [1.82, 2.24) is 15.5 Å². The molecule has 1 atom stereocenters. The Bertz CT molecular complexity index is 1020. The van der Waals surface area contributed by atoms with Crippen LogP contribution in [-0.4, -0.2) is 79.2 Å². The number of carbonyl (C=O) groups excluding carboxylic acids is 5. The number of fused-ring (bicyclic) bond motifs is 1. The Kier molecular flexibility index (Phi) is 9.16. The first-order valence-electron chi connectivity index (χ1n) is 12.0. The molecule has 3 rings (SSSR count). The largest absolute Gasteiger partial charge is 0.444 e. The fourth-order valence-corrected chi connectivity index (χ4v) is 3.91. The summed E-state index contributed by atoms with van der Waals surface area (Å²) in [5.41, 5.74) is 0.884. The summed E-state index contributed by atoms with van der Waals surface area (Å²) in [4.78, 5) is 61.6. The van der Waals surface area contributed by atoms with Crippen molar-refractivity contribution in [2.75, 3.05) is 33.0 Å². The van der Waals surface area contributed by atoms with Crippen LogP contribution in [-0.2, 0) is 30.2 Å². The molecule has 36 heavy (non-hydrogen) atoms. The monoisotopic (exact) mass is 503 g/mol. The third kappa shape index (κ3) is 7.34. The van der Waals surface area contributed by atoms with E-state index in [-0.39, 0.29) is 24.0 Å². The number of aryl methyl sites for hydroxylation is 1. The van der Waals surface area contributed by atoms with Crippen molar-refractivity contribution in [1.29, 1.82) is 0 Å². The van der Waals surface area contributed by atoms with Crippen LogP contribution in [0.5, 0.6) is 0 Å². The number of piperidine rings is 1. The van der Waals surface area contributed by atoms with Gasteiger partial charge in [-0.2, -0.15) is 0 Å². The van der Waals surface area contributed by atoms with Crippen LogP contribution in [0.4, 0.5) is 4.79 Å². The zero-order valence-electron chi connectivity index (χ0n) is 20.9. The van der Waals surface area contributed by atoms with Gasteiger partial charge in [0.15, 0.2) is 0 Å². The van der Waals surface area contributed by atoms with Crippen LogP contribution >= 0.6 is 0 Å². The van der Waals surface area contributed by atoms with Gasteiger partial charge in [0.1, 0.15) is 11.6 Å². The van der Waals surface area contributed by atoms with Crippen molar-refractivity contribution in [3.05, 3.63) is 34.9 Å². The molecule has 2 aliphatic rings. The molecule has 2 aliphatic heterocycles. The van der Waals surface area contributed by atoms with Crippen LogP contribution in [0.3, 0.4) is 0 Å². The lowest BCUT2D eigenvalue weighted by molar-refractivity contribution is -0.136. The molecule has 0 bridgehead atoms. The zero-order chi connectivity index (χ0) is 26.3. The van der Waals surface area contributed by atoms with Crippen LogP contribution in [0.1, 0.15) is 66.3 Å². The van der Waals surface area contributed by atoms with E-state index in [9.17, 15) is 24.0 Å². The molecule has 1 aromatic carbocycles. The summed E-state index contributed by atoms with van der Waals surface area (Å²) in [6.07, 6.45) is 1.09. The van der Waals surface area contributed by atoms with Crippen molar-refractivity contribution in [2.45, 2.75) is 58.1 Å². The number of nitrogens with one attached hydrogen (secondary N) is 2. The topological polar surface area (TPSA) is 140 Å². The molecule has 5 amide bonds. The van der Waals surface area contributed by atoms with E-state index in [2.05, 4.69) is 10.6 Å². The lowest BCUT2D eigenvalue weighted by Gasteiger charge is -2.27. The second kappa shape index (κ2) is 12.1. The van der Waals surface area contributed by atoms with Crippen LogP contribution in [0.25, 0.3) is 0 Å². The highest BCUT2D eigenvalue weighted by Gasteiger charge is 2.44. The molecule has 2 N–H and O–H groups in total. The van der Waals surface area contributed by atoms with E-state index < -0.39 is 41.4 Å². The van der Waals surface area contributed by atoms with Crippen LogP contribution in [0, 0.1) is 0 Å². The van der Waals surface area contributed by atoms with Crippen molar-refractivity contribution in [3.8, 4) is 0 Å². The molecule has 0 aliphatic carbocycles. The minimum atomic E-state index is -0.970. The predicted octanol–water partition coefficient (Wildman–Crippen LogP) is 1.58. The number of rotatable bonds is 11. The number of alkyl carbamates (subject to hydrolysis) is 1. The van der Waals surface area contributed by atoms with Gasteiger partial charge < -0.3 is 19.5 Å². The third-order valence-corrected chi connectivity index (χ3v) is 5.54. The van der Waals surface area contributed by atoms with E-state index >= 15 is 0 Å². The minimum Gasteiger partial charge on any atom is -0.444 e. The fraction of sp³-hybridized carbons (Fsp3) is 0.560. The van der Waals surface area contributed by atoms with Gasteiger partial charge in [0.05, 0.1) is 30.9 Å². The quantitative estimate of drug-likeness (QED) is 0.343. The molecule has 1 aromatic rings. The van der Waals surface area contributed by atoms with Gasteiger partial charge >= 0.3 is 6.09 Å². The Morgan fingerprint density at radius 3 is 2.42 bits per heavy atom. The van der Waals surface area contributed by atoms with Gasteiger partial charge in [-0.25, -0.2) is 4.79 Å². The lowest BCUT2D eigenvalue weighted by atomic mass is 10.0. The molecule has 1 fully saturated rings. The van der Waals surface area contributed by atoms with E-state index in [0.717, 1.165) is 10.5 Å². The first-order chi connectivity index (χ1) is 17.1. The van der Waals surface area contributed by atoms with E-state index in [1.165, 1.54) is 0 Å². The second-order valence-electron chi connectivity index (χ2n) is 9.58. The number of amides is 5. The maximum atomic E-state index is 12.9. The maximum absolute atomic E-state index is 12.9. The average molecular weight is 504 g/mol. The van der Waals surface area contributed by atoms with Crippen molar-refractivity contribution >= 4 is 29.7 Å². The van der Waals surface area contributed by atoms with Crippen molar-refractivity contribution < 1.29 is 38.2 Å². The molecule has 0 spiro atoms. The van der Waals surface area contributed by atoms with Gasteiger partial charge in [0.2, 0.25) is 11.8 Å². The number of ether oxygens (including phenoxy) is 3. The van der Waals surface area contributed by atoms with E-state index in [1.807, 2.05) is 0 Å². The average Bonchev–Trinajstić information content (AvgIpc) is 3.03. The first-order valence-corrected chi connectivity index (χ1v) is 12.0. The molecule has 0 aromatic heterocycles. The summed E-state index contributed by atoms with van der Waals surface area (Å²) >= 11 is 0.